The minimum atomic E-state index is -0.152. The fraction of sp³-hybridized carbons (Fsp3) is 0.500. The summed E-state index contributed by atoms with van der Waals surface area (Å²) < 4.78 is 0. The molecule has 1 aromatic rings. The maximum atomic E-state index is 12.0. The molecule has 4 nitrogen and oxygen atoms in total. The quantitative estimate of drug-likeness (QED) is 0.743. The number of anilines is 1. The molecule has 1 heterocycles. The van der Waals surface area contributed by atoms with Gasteiger partial charge in [-0.05, 0) is 30.4 Å². The van der Waals surface area contributed by atoms with Crippen LogP contribution in [0.3, 0.4) is 0 Å². The zero-order valence-electron chi connectivity index (χ0n) is 10.2. The van der Waals surface area contributed by atoms with Crippen LogP contribution in [-0.4, -0.2) is 29.7 Å². The molecule has 18 heavy (non-hydrogen) atoms. The van der Waals surface area contributed by atoms with E-state index in [-0.39, 0.29) is 18.1 Å². The van der Waals surface area contributed by atoms with Crippen LogP contribution in [0.4, 0.5) is 5.69 Å². The summed E-state index contributed by atoms with van der Waals surface area (Å²) in [4.78, 5) is 12.0. The van der Waals surface area contributed by atoms with Crippen LogP contribution >= 0.6 is 0 Å². The summed E-state index contributed by atoms with van der Waals surface area (Å²) in [6, 6.07) is 7.88. The van der Waals surface area contributed by atoms with Gasteiger partial charge in [-0.25, -0.2) is 0 Å². The maximum Gasteiger partial charge on any atom is 0.242 e. The van der Waals surface area contributed by atoms with Gasteiger partial charge in [-0.1, -0.05) is 18.2 Å². The van der Waals surface area contributed by atoms with Crippen molar-refractivity contribution in [2.75, 3.05) is 11.9 Å². The molecule has 0 radical (unpaired) electrons. The molecule has 96 valence electrons. The van der Waals surface area contributed by atoms with Crippen LogP contribution in [0.1, 0.15) is 18.4 Å². The largest absolute Gasteiger partial charge is 0.393 e. The minimum Gasteiger partial charge on any atom is -0.393 e. The zero-order valence-corrected chi connectivity index (χ0v) is 10.2. The number of aliphatic hydroxyl groups is 1. The van der Waals surface area contributed by atoms with Crippen molar-refractivity contribution in [3.05, 3.63) is 29.8 Å². The Hall–Kier alpha value is -1.55. The second kappa shape index (κ2) is 4.61. The number of hydrogen-bond donors (Lipinski definition) is 3. The van der Waals surface area contributed by atoms with E-state index in [1.807, 2.05) is 18.2 Å². The Kier molecular flexibility index (Phi) is 2.96. The van der Waals surface area contributed by atoms with Gasteiger partial charge in [0.15, 0.2) is 0 Å². The smallest absolute Gasteiger partial charge is 0.242 e. The number of carbonyl (C=O) groups is 1. The van der Waals surface area contributed by atoms with Gasteiger partial charge >= 0.3 is 0 Å². The Bertz CT molecular complexity index is 430. The van der Waals surface area contributed by atoms with Gasteiger partial charge < -0.3 is 15.7 Å². The summed E-state index contributed by atoms with van der Waals surface area (Å²) in [5, 5.41) is 15.4. The Morgan fingerprint density at radius 3 is 2.89 bits per heavy atom. The van der Waals surface area contributed by atoms with Crippen LogP contribution in [0.5, 0.6) is 0 Å². The van der Waals surface area contributed by atoms with Crippen LogP contribution in [0.15, 0.2) is 24.3 Å². The first-order valence-electron chi connectivity index (χ1n) is 6.52. The highest BCUT2D eigenvalue weighted by Gasteiger charge is 2.30. The molecule has 1 aromatic carbocycles. The molecule has 0 aromatic heterocycles. The number of para-hydroxylation sites is 1. The number of rotatable bonds is 3. The second-order valence-electron chi connectivity index (χ2n) is 5.29. The van der Waals surface area contributed by atoms with Crippen molar-refractivity contribution in [2.24, 2.45) is 5.92 Å². The van der Waals surface area contributed by atoms with Gasteiger partial charge in [0.2, 0.25) is 5.91 Å². The lowest BCUT2D eigenvalue weighted by Gasteiger charge is -2.31. The summed E-state index contributed by atoms with van der Waals surface area (Å²) >= 11 is 0. The molecule has 1 saturated carbocycles. The molecule has 1 amide bonds. The first-order valence-corrected chi connectivity index (χ1v) is 6.52. The summed E-state index contributed by atoms with van der Waals surface area (Å²) in [6.45, 7) is 0.685. The van der Waals surface area contributed by atoms with Crippen LogP contribution < -0.4 is 10.6 Å². The third-order valence-electron chi connectivity index (χ3n) is 3.86. The van der Waals surface area contributed by atoms with Gasteiger partial charge in [0, 0.05) is 18.7 Å². The third-order valence-corrected chi connectivity index (χ3v) is 3.86. The van der Waals surface area contributed by atoms with Gasteiger partial charge in [0.05, 0.1) is 6.10 Å². The van der Waals surface area contributed by atoms with Crippen molar-refractivity contribution in [1.29, 1.82) is 0 Å². The monoisotopic (exact) mass is 246 g/mol. The van der Waals surface area contributed by atoms with Crippen molar-refractivity contribution in [2.45, 2.75) is 31.4 Å². The van der Waals surface area contributed by atoms with Gasteiger partial charge in [-0.2, -0.15) is 0 Å². The van der Waals surface area contributed by atoms with Crippen LogP contribution in [-0.2, 0) is 11.2 Å². The highest BCUT2D eigenvalue weighted by Crippen LogP contribution is 2.27. The number of amides is 1. The topological polar surface area (TPSA) is 61.4 Å². The molecule has 3 N–H and O–H groups in total. The lowest BCUT2D eigenvalue weighted by atomic mass is 9.82. The lowest BCUT2D eigenvalue weighted by molar-refractivity contribution is -0.122. The van der Waals surface area contributed by atoms with E-state index in [9.17, 15) is 9.90 Å². The first-order chi connectivity index (χ1) is 8.72. The van der Waals surface area contributed by atoms with Crippen molar-refractivity contribution >= 4 is 11.6 Å². The van der Waals surface area contributed by atoms with Crippen molar-refractivity contribution < 1.29 is 9.90 Å². The van der Waals surface area contributed by atoms with E-state index in [0.29, 0.717) is 12.5 Å². The van der Waals surface area contributed by atoms with E-state index >= 15 is 0 Å². The fourth-order valence-corrected chi connectivity index (χ4v) is 2.69. The molecule has 1 fully saturated rings. The summed E-state index contributed by atoms with van der Waals surface area (Å²) in [7, 11) is 0. The molecule has 2 aliphatic rings. The van der Waals surface area contributed by atoms with Gasteiger partial charge in [-0.3, -0.25) is 4.79 Å². The average Bonchev–Trinajstić information content (AvgIpc) is 2.76. The Labute approximate surface area is 106 Å². The van der Waals surface area contributed by atoms with Crippen LogP contribution in [0, 0.1) is 5.92 Å². The molecular weight excluding hydrogens is 228 g/mol. The molecule has 1 unspecified atom stereocenters. The van der Waals surface area contributed by atoms with E-state index in [1.165, 1.54) is 5.56 Å². The predicted molar refractivity (Wildman–Crippen MR) is 69.3 cm³/mol. The number of carbonyl (C=O) groups excluding carboxylic acids is 1. The maximum absolute atomic E-state index is 12.0. The molecule has 4 heteroatoms. The molecule has 0 bridgehead atoms. The lowest BCUT2D eigenvalue weighted by Crippen LogP contribution is -2.44. The zero-order chi connectivity index (χ0) is 12.5. The Morgan fingerprint density at radius 1 is 1.39 bits per heavy atom. The number of nitrogens with one attached hydrogen (secondary N) is 2. The van der Waals surface area contributed by atoms with Crippen molar-refractivity contribution in [3.8, 4) is 0 Å². The molecular formula is C14H18N2O2. The number of hydrogen-bond acceptors (Lipinski definition) is 3. The van der Waals surface area contributed by atoms with Crippen molar-refractivity contribution in [1.82, 2.24) is 5.32 Å². The second-order valence-corrected chi connectivity index (χ2v) is 5.29. The summed E-state index contributed by atoms with van der Waals surface area (Å²) in [6.07, 6.45) is 2.24. The third kappa shape index (κ3) is 2.20. The number of fused-ring (bicyclic) bond motifs is 1. The van der Waals surface area contributed by atoms with E-state index in [0.717, 1.165) is 24.9 Å². The van der Waals surface area contributed by atoms with Crippen molar-refractivity contribution in [3.63, 3.8) is 0 Å². The summed E-state index contributed by atoms with van der Waals surface area (Å²) in [5.74, 6) is 0.514. The van der Waals surface area contributed by atoms with E-state index in [4.69, 9.17) is 0 Å². The van der Waals surface area contributed by atoms with Gasteiger partial charge in [-0.15, -0.1) is 0 Å². The first kappa shape index (κ1) is 11.5. The Balaban J connectivity index is 1.50. The van der Waals surface area contributed by atoms with Crippen LogP contribution in [0.25, 0.3) is 0 Å². The molecule has 1 aliphatic carbocycles. The standard InChI is InChI=1S/C14H18N2O2/c17-11-5-9(6-11)8-15-14(18)13-7-10-3-1-2-4-12(10)16-13/h1-4,9,11,13,16-17H,5-8H2,(H,15,18). The SMILES string of the molecule is O=C(NCC1CC(O)C1)C1Cc2ccccc2N1. The van der Waals surface area contributed by atoms with Gasteiger partial charge in [0.1, 0.15) is 6.04 Å². The minimum absolute atomic E-state index is 0.0626. The number of benzene rings is 1. The molecule has 0 saturated heterocycles. The predicted octanol–water partition coefficient (Wildman–Crippen LogP) is 0.910. The highest BCUT2D eigenvalue weighted by atomic mass is 16.3. The summed E-state index contributed by atoms with van der Waals surface area (Å²) in [5.41, 5.74) is 2.27. The van der Waals surface area contributed by atoms with Crippen LogP contribution in [0.2, 0.25) is 0 Å². The normalized spacial score (nSPS) is 29.1. The molecule has 3 rings (SSSR count). The van der Waals surface area contributed by atoms with E-state index < -0.39 is 0 Å². The molecule has 1 atom stereocenters. The van der Waals surface area contributed by atoms with Gasteiger partial charge in [0.25, 0.3) is 0 Å². The molecule has 1 aliphatic heterocycles. The Morgan fingerprint density at radius 2 is 2.17 bits per heavy atom. The fourth-order valence-electron chi connectivity index (χ4n) is 2.69. The average molecular weight is 246 g/mol. The van der Waals surface area contributed by atoms with E-state index in [1.54, 1.807) is 0 Å². The van der Waals surface area contributed by atoms with E-state index in [2.05, 4.69) is 16.7 Å². The molecule has 0 spiro atoms. The highest BCUT2D eigenvalue weighted by molar-refractivity contribution is 5.87. The number of aliphatic hydroxyl groups excluding tert-OH is 1.